The average Bonchev–Trinajstić information content (AvgIpc) is 2.88. The second-order valence-electron chi connectivity index (χ2n) is 7.42. The summed E-state index contributed by atoms with van der Waals surface area (Å²) < 4.78 is 35.7. The SMILES string of the molecule is CC[C@H]1C[C@H](OS(=O)(=O)c2ccc(C)cc2)CN1C(=O)OC(C)(C)C. The quantitative estimate of drug-likeness (QED) is 0.760. The van der Waals surface area contributed by atoms with Crippen LogP contribution in [0, 0.1) is 6.92 Å². The van der Waals surface area contributed by atoms with Gasteiger partial charge in [0.15, 0.2) is 0 Å². The van der Waals surface area contributed by atoms with Gasteiger partial charge >= 0.3 is 6.09 Å². The first-order valence-electron chi connectivity index (χ1n) is 8.51. The Balaban J connectivity index is 2.09. The van der Waals surface area contributed by atoms with Crippen molar-refractivity contribution >= 4 is 16.2 Å². The molecule has 1 aliphatic heterocycles. The fourth-order valence-corrected chi connectivity index (χ4v) is 3.89. The summed E-state index contributed by atoms with van der Waals surface area (Å²) in [7, 11) is -3.86. The number of rotatable bonds is 4. The molecule has 0 N–H and O–H groups in total. The third kappa shape index (κ3) is 5.19. The highest BCUT2D eigenvalue weighted by molar-refractivity contribution is 7.86. The maximum Gasteiger partial charge on any atom is 0.410 e. The highest BCUT2D eigenvalue weighted by Gasteiger charge is 2.39. The van der Waals surface area contributed by atoms with Crippen molar-refractivity contribution in [3.05, 3.63) is 29.8 Å². The summed E-state index contributed by atoms with van der Waals surface area (Å²) in [5.74, 6) is 0. The van der Waals surface area contributed by atoms with Crippen LogP contribution in [0.15, 0.2) is 29.2 Å². The number of aryl methyl sites for hydroxylation is 1. The minimum atomic E-state index is -3.86. The van der Waals surface area contributed by atoms with Crippen LogP contribution in [0.25, 0.3) is 0 Å². The second kappa shape index (κ2) is 7.33. The fraction of sp³-hybridized carbons (Fsp3) is 0.611. The predicted molar refractivity (Wildman–Crippen MR) is 94.9 cm³/mol. The van der Waals surface area contributed by atoms with Crippen LogP contribution < -0.4 is 0 Å². The summed E-state index contributed by atoms with van der Waals surface area (Å²) in [5, 5.41) is 0. The molecule has 2 atom stereocenters. The molecule has 1 aliphatic rings. The molecule has 0 aromatic heterocycles. The van der Waals surface area contributed by atoms with Crippen LogP contribution in [-0.2, 0) is 19.0 Å². The topological polar surface area (TPSA) is 72.9 Å². The molecule has 1 aromatic rings. The molecule has 140 valence electrons. The van der Waals surface area contributed by atoms with Crippen LogP contribution in [-0.4, -0.2) is 43.7 Å². The van der Waals surface area contributed by atoms with Crippen molar-refractivity contribution in [3.8, 4) is 0 Å². The van der Waals surface area contributed by atoms with E-state index < -0.39 is 27.9 Å². The summed E-state index contributed by atoms with van der Waals surface area (Å²) in [4.78, 5) is 14.0. The number of nitrogens with zero attached hydrogens (tertiary/aromatic N) is 1. The number of amides is 1. The van der Waals surface area contributed by atoms with Gasteiger partial charge in [-0.15, -0.1) is 0 Å². The predicted octanol–water partition coefficient (Wildman–Crippen LogP) is 3.49. The number of hydrogen-bond acceptors (Lipinski definition) is 5. The van der Waals surface area contributed by atoms with Crippen molar-refractivity contribution in [3.63, 3.8) is 0 Å². The lowest BCUT2D eigenvalue weighted by Gasteiger charge is -2.27. The third-order valence-electron chi connectivity index (χ3n) is 4.05. The highest BCUT2D eigenvalue weighted by atomic mass is 32.2. The first kappa shape index (κ1) is 19.7. The van der Waals surface area contributed by atoms with E-state index in [1.807, 2.05) is 13.8 Å². The van der Waals surface area contributed by atoms with E-state index in [-0.39, 0.29) is 17.5 Å². The summed E-state index contributed by atoms with van der Waals surface area (Å²) in [5.41, 5.74) is 0.379. The molecule has 0 spiro atoms. The van der Waals surface area contributed by atoms with Crippen molar-refractivity contribution in [1.82, 2.24) is 4.90 Å². The van der Waals surface area contributed by atoms with Crippen LogP contribution in [0.1, 0.15) is 46.1 Å². The number of hydrogen-bond donors (Lipinski definition) is 0. The number of ether oxygens (including phenoxy) is 1. The largest absolute Gasteiger partial charge is 0.444 e. The fourth-order valence-electron chi connectivity index (χ4n) is 2.81. The molecule has 0 aliphatic carbocycles. The van der Waals surface area contributed by atoms with Gasteiger partial charge in [-0.05, 0) is 52.7 Å². The van der Waals surface area contributed by atoms with Gasteiger partial charge in [0, 0.05) is 6.04 Å². The molecule has 0 bridgehead atoms. The Bertz CT molecular complexity index is 706. The Morgan fingerprint density at radius 1 is 1.24 bits per heavy atom. The van der Waals surface area contributed by atoms with Gasteiger partial charge in [0.05, 0.1) is 17.5 Å². The molecule has 1 amide bonds. The summed E-state index contributed by atoms with van der Waals surface area (Å²) in [6, 6.07) is 6.43. The summed E-state index contributed by atoms with van der Waals surface area (Å²) >= 11 is 0. The molecule has 25 heavy (non-hydrogen) atoms. The lowest BCUT2D eigenvalue weighted by molar-refractivity contribution is 0.0210. The Labute approximate surface area is 150 Å². The molecule has 7 heteroatoms. The van der Waals surface area contributed by atoms with Gasteiger partial charge in [-0.2, -0.15) is 8.42 Å². The van der Waals surface area contributed by atoms with E-state index in [4.69, 9.17) is 8.92 Å². The summed E-state index contributed by atoms with van der Waals surface area (Å²) in [6.45, 7) is 9.46. The zero-order chi connectivity index (χ0) is 18.8. The van der Waals surface area contributed by atoms with Crippen LogP contribution in [0.2, 0.25) is 0 Å². The molecular formula is C18H27NO5S. The van der Waals surface area contributed by atoms with Gasteiger partial charge in [-0.3, -0.25) is 4.18 Å². The van der Waals surface area contributed by atoms with E-state index in [1.54, 1.807) is 37.8 Å². The van der Waals surface area contributed by atoms with Gasteiger partial charge in [-0.25, -0.2) is 4.79 Å². The zero-order valence-electron chi connectivity index (χ0n) is 15.5. The lowest BCUT2D eigenvalue weighted by atomic mass is 10.1. The average molecular weight is 369 g/mol. The Morgan fingerprint density at radius 2 is 1.84 bits per heavy atom. The van der Waals surface area contributed by atoms with Crippen molar-refractivity contribution in [2.24, 2.45) is 0 Å². The normalized spacial score (nSPS) is 21.4. The van der Waals surface area contributed by atoms with Gasteiger partial charge in [0.2, 0.25) is 0 Å². The molecule has 1 heterocycles. The second-order valence-corrected chi connectivity index (χ2v) is 8.99. The lowest BCUT2D eigenvalue weighted by Crippen LogP contribution is -2.40. The van der Waals surface area contributed by atoms with Gasteiger partial charge in [0.25, 0.3) is 10.1 Å². The molecule has 1 fully saturated rings. The van der Waals surface area contributed by atoms with E-state index in [9.17, 15) is 13.2 Å². The number of carbonyl (C=O) groups is 1. The number of likely N-dealkylation sites (tertiary alicyclic amines) is 1. The van der Waals surface area contributed by atoms with E-state index in [2.05, 4.69) is 0 Å². The minimum absolute atomic E-state index is 0.0898. The first-order chi connectivity index (χ1) is 11.5. The maximum atomic E-state index is 12.4. The molecular weight excluding hydrogens is 342 g/mol. The number of carbonyl (C=O) groups excluding carboxylic acids is 1. The molecule has 0 radical (unpaired) electrons. The molecule has 1 saturated heterocycles. The monoisotopic (exact) mass is 369 g/mol. The Morgan fingerprint density at radius 3 is 2.36 bits per heavy atom. The van der Waals surface area contributed by atoms with Crippen LogP contribution in [0.3, 0.4) is 0 Å². The maximum absolute atomic E-state index is 12.4. The van der Waals surface area contributed by atoms with Crippen LogP contribution >= 0.6 is 0 Å². The van der Waals surface area contributed by atoms with Crippen molar-refractivity contribution < 1.29 is 22.1 Å². The van der Waals surface area contributed by atoms with Gasteiger partial charge in [0.1, 0.15) is 5.60 Å². The van der Waals surface area contributed by atoms with Crippen molar-refractivity contribution in [1.29, 1.82) is 0 Å². The van der Waals surface area contributed by atoms with E-state index >= 15 is 0 Å². The third-order valence-corrected chi connectivity index (χ3v) is 5.42. The van der Waals surface area contributed by atoms with E-state index in [0.717, 1.165) is 5.56 Å². The Kier molecular flexibility index (Phi) is 5.79. The molecule has 0 unspecified atom stereocenters. The first-order valence-corrected chi connectivity index (χ1v) is 9.92. The Hall–Kier alpha value is -1.60. The molecule has 1 aromatic carbocycles. The van der Waals surface area contributed by atoms with Crippen LogP contribution in [0.5, 0.6) is 0 Å². The van der Waals surface area contributed by atoms with E-state index in [1.165, 1.54) is 12.1 Å². The molecule has 6 nitrogen and oxygen atoms in total. The van der Waals surface area contributed by atoms with Crippen LogP contribution in [0.4, 0.5) is 4.79 Å². The van der Waals surface area contributed by atoms with Gasteiger partial charge < -0.3 is 9.64 Å². The molecule has 0 saturated carbocycles. The van der Waals surface area contributed by atoms with E-state index in [0.29, 0.717) is 12.8 Å². The standard InChI is InChI=1S/C18H27NO5S/c1-6-14-11-15(12-19(14)17(20)23-18(3,4)5)24-25(21,22)16-9-7-13(2)8-10-16/h7-10,14-15H,6,11-12H2,1-5H3/t14-,15-/m0/s1. The van der Waals surface area contributed by atoms with Crippen molar-refractivity contribution in [2.45, 2.75) is 70.1 Å². The highest BCUT2D eigenvalue weighted by Crippen LogP contribution is 2.27. The summed E-state index contributed by atoms with van der Waals surface area (Å²) in [6.07, 6.45) is 0.187. The minimum Gasteiger partial charge on any atom is -0.444 e. The zero-order valence-corrected chi connectivity index (χ0v) is 16.3. The van der Waals surface area contributed by atoms with Crippen molar-refractivity contribution in [2.75, 3.05) is 6.54 Å². The smallest absolute Gasteiger partial charge is 0.410 e. The van der Waals surface area contributed by atoms with Gasteiger partial charge in [-0.1, -0.05) is 24.6 Å². The molecule has 2 rings (SSSR count). The number of benzene rings is 1.